The van der Waals surface area contributed by atoms with Gasteiger partial charge in [0.05, 0.1) is 6.61 Å². The van der Waals surface area contributed by atoms with Gasteiger partial charge >= 0.3 is 0 Å². The van der Waals surface area contributed by atoms with Gasteiger partial charge < -0.3 is 4.74 Å². The van der Waals surface area contributed by atoms with Gasteiger partial charge in [-0.1, -0.05) is 0 Å². The van der Waals surface area contributed by atoms with E-state index < -0.39 is 12.3 Å². The number of nitrogens with zero attached hydrogens (tertiary/aromatic N) is 1. The van der Waals surface area contributed by atoms with Crippen LogP contribution in [0, 0.1) is 5.92 Å². The number of hydrogen-bond acceptors (Lipinski definition) is 2. The highest BCUT2D eigenvalue weighted by Gasteiger charge is 2.50. The Labute approximate surface area is 89.6 Å². The summed E-state index contributed by atoms with van der Waals surface area (Å²) in [5.74, 6) is -0.439. The number of halogens is 2. The van der Waals surface area contributed by atoms with Crippen LogP contribution in [0.4, 0.5) is 8.78 Å². The maximum atomic E-state index is 12.7. The highest BCUT2D eigenvalue weighted by Crippen LogP contribution is 2.43. The molecule has 88 valence electrons. The van der Waals surface area contributed by atoms with Crippen LogP contribution in [0.5, 0.6) is 0 Å². The average Bonchev–Trinajstić information content (AvgIpc) is 2.70. The van der Waals surface area contributed by atoms with Gasteiger partial charge in [0.1, 0.15) is 0 Å². The Morgan fingerprint density at radius 3 is 3.00 bits per heavy atom. The van der Waals surface area contributed by atoms with Gasteiger partial charge in [-0.3, -0.25) is 4.90 Å². The zero-order valence-corrected chi connectivity index (χ0v) is 9.22. The topological polar surface area (TPSA) is 12.5 Å². The molecule has 4 heteroatoms. The van der Waals surface area contributed by atoms with Crippen molar-refractivity contribution in [3.63, 3.8) is 0 Å². The molecule has 0 aliphatic carbocycles. The predicted molar refractivity (Wildman–Crippen MR) is 54.1 cm³/mol. The first kappa shape index (κ1) is 11.3. The minimum absolute atomic E-state index is 0.0584. The fraction of sp³-hybridized carbons (Fsp3) is 1.00. The number of ether oxygens (including phenoxy) is 1. The van der Waals surface area contributed by atoms with Crippen LogP contribution in [0.1, 0.15) is 26.2 Å². The molecule has 0 bridgehead atoms. The lowest BCUT2D eigenvalue weighted by Crippen LogP contribution is -2.42. The Hall–Kier alpha value is -0.220. The van der Waals surface area contributed by atoms with Crippen LogP contribution in [-0.2, 0) is 4.74 Å². The molecule has 2 fully saturated rings. The first-order chi connectivity index (χ1) is 7.18. The molecular weight excluding hydrogens is 200 g/mol. The molecule has 2 heterocycles. The van der Waals surface area contributed by atoms with E-state index in [2.05, 4.69) is 4.90 Å². The van der Waals surface area contributed by atoms with E-state index in [0.717, 1.165) is 19.4 Å². The molecule has 15 heavy (non-hydrogen) atoms. The molecule has 2 aliphatic rings. The number of rotatable bonds is 4. The zero-order valence-electron chi connectivity index (χ0n) is 9.22. The smallest absolute Gasteiger partial charge is 0.242 e. The number of hydrogen-bond donors (Lipinski definition) is 0. The second-order valence-electron chi connectivity index (χ2n) is 4.71. The Morgan fingerprint density at radius 1 is 1.53 bits per heavy atom. The summed E-state index contributed by atoms with van der Waals surface area (Å²) in [6, 6.07) is 0. The van der Waals surface area contributed by atoms with E-state index in [1.54, 1.807) is 0 Å². The van der Waals surface area contributed by atoms with Crippen molar-refractivity contribution < 1.29 is 13.5 Å². The standard InChI is InChI=1S/C11H19F2NO/c1-2-15-8-11-4-3-5-14(11)7-9(6-11)10(12)13/h9-10H,2-8H2,1H3/t9-,11-/m1/s1. The van der Waals surface area contributed by atoms with Crippen molar-refractivity contribution in [3.8, 4) is 0 Å². The normalized spacial score (nSPS) is 36.4. The van der Waals surface area contributed by atoms with Gasteiger partial charge in [-0.2, -0.15) is 0 Å². The largest absolute Gasteiger partial charge is 0.380 e. The fourth-order valence-corrected chi connectivity index (χ4v) is 3.03. The first-order valence-corrected chi connectivity index (χ1v) is 5.79. The van der Waals surface area contributed by atoms with Crippen LogP contribution in [0.25, 0.3) is 0 Å². The molecule has 0 amide bonds. The molecule has 0 N–H and O–H groups in total. The van der Waals surface area contributed by atoms with E-state index >= 15 is 0 Å². The van der Waals surface area contributed by atoms with Gasteiger partial charge in [-0.05, 0) is 32.7 Å². The molecule has 2 aliphatic heterocycles. The molecule has 2 saturated heterocycles. The highest BCUT2D eigenvalue weighted by molar-refractivity contribution is 5.03. The van der Waals surface area contributed by atoms with E-state index in [-0.39, 0.29) is 5.54 Å². The highest BCUT2D eigenvalue weighted by atomic mass is 19.3. The molecule has 0 aromatic carbocycles. The van der Waals surface area contributed by atoms with Crippen LogP contribution in [0.3, 0.4) is 0 Å². The van der Waals surface area contributed by atoms with E-state index in [9.17, 15) is 8.78 Å². The third kappa shape index (κ3) is 2.02. The summed E-state index contributed by atoms with van der Waals surface area (Å²) in [7, 11) is 0. The lowest BCUT2D eigenvalue weighted by molar-refractivity contribution is 0.0396. The maximum absolute atomic E-state index is 12.7. The van der Waals surface area contributed by atoms with Gasteiger partial charge in [0.15, 0.2) is 0 Å². The maximum Gasteiger partial charge on any atom is 0.242 e. The van der Waals surface area contributed by atoms with E-state index in [0.29, 0.717) is 26.2 Å². The Balaban J connectivity index is 2.01. The number of alkyl halides is 2. The van der Waals surface area contributed by atoms with Crippen molar-refractivity contribution in [2.75, 3.05) is 26.3 Å². The zero-order chi connectivity index (χ0) is 10.9. The molecule has 2 nitrogen and oxygen atoms in total. The molecule has 0 radical (unpaired) electrons. The molecule has 0 aromatic heterocycles. The van der Waals surface area contributed by atoms with Crippen LogP contribution in [0.15, 0.2) is 0 Å². The van der Waals surface area contributed by atoms with Crippen molar-refractivity contribution in [1.29, 1.82) is 0 Å². The van der Waals surface area contributed by atoms with Crippen molar-refractivity contribution in [3.05, 3.63) is 0 Å². The molecule has 0 unspecified atom stereocenters. The summed E-state index contributed by atoms with van der Waals surface area (Å²) in [5, 5.41) is 0. The summed E-state index contributed by atoms with van der Waals surface area (Å²) in [6.45, 7) is 4.79. The summed E-state index contributed by atoms with van der Waals surface area (Å²) < 4.78 is 30.8. The second-order valence-corrected chi connectivity index (χ2v) is 4.71. The molecule has 0 saturated carbocycles. The monoisotopic (exact) mass is 219 g/mol. The Bertz CT molecular complexity index is 225. The molecule has 0 aromatic rings. The van der Waals surface area contributed by atoms with E-state index in [1.807, 2.05) is 6.92 Å². The lowest BCUT2D eigenvalue weighted by atomic mass is 9.91. The van der Waals surface area contributed by atoms with Gasteiger partial charge in [-0.25, -0.2) is 8.78 Å². The minimum Gasteiger partial charge on any atom is -0.380 e. The Kier molecular flexibility index (Phi) is 3.26. The lowest BCUT2D eigenvalue weighted by Gasteiger charge is -2.31. The van der Waals surface area contributed by atoms with Gasteiger partial charge in [0, 0.05) is 24.6 Å². The third-order valence-electron chi connectivity index (χ3n) is 3.77. The van der Waals surface area contributed by atoms with Gasteiger partial charge in [-0.15, -0.1) is 0 Å². The van der Waals surface area contributed by atoms with Crippen molar-refractivity contribution >= 4 is 0 Å². The summed E-state index contributed by atoms with van der Waals surface area (Å²) in [4.78, 5) is 2.22. The molecule has 2 rings (SSSR count). The molecular formula is C11H19F2NO. The third-order valence-corrected chi connectivity index (χ3v) is 3.77. The van der Waals surface area contributed by atoms with Crippen LogP contribution < -0.4 is 0 Å². The predicted octanol–water partition coefficient (Wildman–Crippen LogP) is 2.14. The van der Waals surface area contributed by atoms with Gasteiger partial charge in [0.25, 0.3) is 0 Å². The van der Waals surface area contributed by atoms with Crippen molar-refractivity contribution in [2.24, 2.45) is 5.92 Å². The van der Waals surface area contributed by atoms with Crippen LogP contribution in [0.2, 0.25) is 0 Å². The fourth-order valence-electron chi connectivity index (χ4n) is 3.03. The Morgan fingerprint density at radius 2 is 2.33 bits per heavy atom. The summed E-state index contributed by atoms with van der Waals surface area (Å²) in [6.07, 6.45) is 0.596. The van der Waals surface area contributed by atoms with Crippen LogP contribution in [-0.4, -0.2) is 43.2 Å². The quantitative estimate of drug-likeness (QED) is 0.718. The SMILES string of the molecule is CCOC[C@]12CCCN1C[C@H](C(F)F)C2. The number of fused-ring (bicyclic) bond motifs is 1. The summed E-state index contributed by atoms with van der Waals surface area (Å²) in [5.41, 5.74) is -0.0584. The van der Waals surface area contributed by atoms with Crippen LogP contribution >= 0.6 is 0 Å². The molecule has 2 atom stereocenters. The average molecular weight is 219 g/mol. The van der Waals surface area contributed by atoms with Crippen molar-refractivity contribution in [2.45, 2.75) is 38.2 Å². The second kappa shape index (κ2) is 4.34. The first-order valence-electron chi connectivity index (χ1n) is 5.79. The molecule has 0 spiro atoms. The van der Waals surface area contributed by atoms with Gasteiger partial charge in [0.2, 0.25) is 6.43 Å². The van der Waals surface area contributed by atoms with E-state index in [1.165, 1.54) is 0 Å². The minimum atomic E-state index is -2.17. The van der Waals surface area contributed by atoms with E-state index in [4.69, 9.17) is 4.74 Å². The summed E-state index contributed by atoms with van der Waals surface area (Å²) >= 11 is 0. The van der Waals surface area contributed by atoms with Crippen molar-refractivity contribution in [1.82, 2.24) is 4.90 Å².